The van der Waals surface area contributed by atoms with Gasteiger partial charge in [-0.2, -0.15) is 0 Å². The Kier molecular flexibility index (Phi) is 5.44. The van der Waals surface area contributed by atoms with Crippen LogP contribution in [-0.4, -0.2) is 37.1 Å². The molecule has 5 rings (SSSR count). The molecule has 166 valence electrons. The minimum atomic E-state index is -0.237. The number of amides is 2. The summed E-state index contributed by atoms with van der Waals surface area (Å²) in [7, 11) is 1.64. The number of methoxy groups -OCH3 is 1. The SMILES string of the molecule is COc1ccc([C@@H](CNC(=O)c2ccc3c(c2)NC(=O)CO3)c2c[nH]c3ccccc23)cc1. The molecule has 3 N–H and O–H groups in total. The predicted molar refractivity (Wildman–Crippen MR) is 126 cm³/mol. The molecular formula is C26H23N3O4. The van der Waals surface area contributed by atoms with E-state index in [1.54, 1.807) is 25.3 Å². The summed E-state index contributed by atoms with van der Waals surface area (Å²) in [6.07, 6.45) is 2.00. The third-order valence-corrected chi connectivity index (χ3v) is 5.86. The van der Waals surface area contributed by atoms with Crippen LogP contribution in [0, 0.1) is 0 Å². The van der Waals surface area contributed by atoms with Crippen LogP contribution in [0.1, 0.15) is 27.4 Å². The van der Waals surface area contributed by atoms with E-state index in [2.05, 4.69) is 21.7 Å². The molecule has 1 atom stereocenters. The molecule has 0 unspecified atom stereocenters. The second-order valence-electron chi connectivity index (χ2n) is 7.87. The van der Waals surface area contributed by atoms with E-state index in [1.165, 1.54) is 0 Å². The van der Waals surface area contributed by atoms with E-state index in [-0.39, 0.29) is 24.3 Å². The lowest BCUT2D eigenvalue weighted by Gasteiger charge is -2.20. The maximum absolute atomic E-state index is 13.0. The molecule has 0 radical (unpaired) electrons. The fourth-order valence-corrected chi connectivity index (χ4v) is 4.15. The summed E-state index contributed by atoms with van der Waals surface area (Å²) in [5.41, 5.74) is 4.16. The van der Waals surface area contributed by atoms with Gasteiger partial charge in [0.15, 0.2) is 6.61 Å². The molecule has 3 aromatic carbocycles. The topological polar surface area (TPSA) is 92.5 Å². The molecule has 0 saturated carbocycles. The number of aromatic nitrogens is 1. The summed E-state index contributed by atoms with van der Waals surface area (Å²) in [6.45, 7) is 0.375. The van der Waals surface area contributed by atoms with Gasteiger partial charge in [0.2, 0.25) is 0 Å². The molecule has 0 bridgehead atoms. The molecule has 2 amide bonds. The van der Waals surface area contributed by atoms with Crippen molar-refractivity contribution in [3.63, 3.8) is 0 Å². The number of H-pyrrole nitrogens is 1. The molecule has 0 spiro atoms. The van der Waals surface area contributed by atoms with Gasteiger partial charge in [0, 0.05) is 35.1 Å². The maximum atomic E-state index is 13.0. The van der Waals surface area contributed by atoms with E-state index in [0.717, 1.165) is 27.8 Å². The highest BCUT2D eigenvalue weighted by Gasteiger charge is 2.21. The van der Waals surface area contributed by atoms with Gasteiger partial charge in [0.05, 0.1) is 12.8 Å². The molecular weight excluding hydrogens is 418 g/mol. The molecule has 0 saturated heterocycles. The fourth-order valence-electron chi connectivity index (χ4n) is 4.15. The molecule has 1 aliphatic rings. The molecule has 2 heterocycles. The standard InChI is InChI=1S/C26H23N3O4/c1-32-18-9-6-16(7-10-18)20(21-14-27-22-5-3-2-4-19(21)22)13-28-26(31)17-8-11-24-23(12-17)29-25(30)15-33-24/h2-12,14,20,27H,13,15H2,1H3,(H,28,31)(H,29,30)/t20-/m1/s1. The van der Waals surface area contributed by atoms with Gasteiger partial charge in [0.25, 0.3) is 11.8 Å². The molecule has 1 aliphatic heterocycles. The third-order valence-electron chi connectivity index (χ3n) is 5.86. The van der Waals surface area contributed by atoms with E-state index < -0.39 is 0 Å². The van der Waals surface area contributed by atoms with Crippen LogP contribution in [0.2, 0.25) is 0 Å². The zero-order valence-electron chi connectivity index (χ0n) is 18.1. The van der Waals surface area contributed by atoms with Gasteiger partial charge in [-0.15, -0.1) is 0 Å². The molecule has 0 fully saturated rings. The third kappa shape index (κ3) is 4.13. The monoisotopic (exact) mass is 441 g/mol. The molecule has 1 aromatic heterocycles. The Morgan fingerprint density at radius 2 is 1.94 bits per heavy atom. The number of hydrogen-bond acceptors (Lipinski definition) is 4. The quantitative estimate of drug-likeness (QED) is 0.421. The van der Waals surface area contributed by atoms with Crippen molar-refractivity contribution in [3.05, 3.63) is 89.6 Å². The number of benzene rings is 3. The highest BCUT2D eigenvalue weighted by atomic mass is 16.5. The lowest BCUT2D eigenvalue weighted by Crippen LogP contribution is -2.30. The minimum absolute atomic E-state index is 0.0211. The summed E-state index contributed by atoms with van der Waals surface area (Å²) in [5.74, 6) is 0.798. The van der Waals surface area contributed by atoms with E-state index >= 15 is 0 Å². The molecule has 33 heavy (non-hydrogen) atoms. The second kappa shape index (κ2) is 8.70. The van der Waals surface area contributed by atoms with Crippen molar-refractivity contribution in [3.8, 4) is 11.5 Å². The first-order valence-electron chi connectivity index (χ1n) is 10.7. The van der Waals surface area contributed by atoms with E-state index in [1.807, 2.05) is 48.7 Å². The highest BCUT2D eigenvalue weighted by molar-refractivity contribution is 6.00. The zero-order chi connectivity index (χ0) is 22.8. The van der Waals surface area contributed by atoms with Crippen LogP contribution in [0.15, 0.2) is 72.9 Å². The van der Waals surface area contributed by atoms with Crippen LogP contribution in [0.3, 0.4) is 0 Å². The van der Waals surface area contributed by atoms with Gasteiger partial charge in [-0.05, 0) is 47.5 Å². The number of fused-ring (bicyclic) bond motifs is 2. The minimum Gasteiger partial charge on any atom is -0.497 e. The lowest BCUT2D eigenvalue weighted by atomic mass is 9.90. The molecule has 7 heteroatoms. The Hall–Kier alpha value is -4.26. The van der Waals surface area contributed by atoms with Crippen LogP contribution in [0.25, 0.3) is 10.9 Å². The Balaban J connectivity index is 1.42. The zero-order valence-corrected chi connectivity index (χ0v) is 18.1. The summed E-state index contributed by atoms with van der Waals surface area (Å²) in [6, 6.07) is 21.0. The maximum Gasteiger partial charge on any atom is 0.262 e. The number of rotatable bonds is 6. The first kappa shape index (κ1) is 20.6. The number of ether oxygens (including phenoxy) is 2. The van der Waals surface area contributed by atoms with Gasteiger partial charge in [-0.25, -0.2) is 0 Å². The smallest absolute Gasteiger partial charge is 0.262 e. The second-order valence-corrected chi connectivity index (χ2v) is 7.87. The Morgan fingerprint density at radius 1 is 1.12 bits per heavy atom. The van der Waals surface area contributed by atoms with Crippen molar-refractivity contribution in [1.29, 1.82) is 0 Å². The van der Waals surface area contributed by atoms with Crippen LogP contribution in [0.5, 0.6) is 11.5 Å². The van der Waals surface area contributed by atoms with Crippen LogP contribution < -0.4 is 20.1 Å². The average molecular weight is 441 g/mol. The van der Waals surface area contributed by atoms with E-state index in [0.29, 0.717) is 23.5 Å². The van der Waals surface area contributed by atoms with E-state index in [4.69, 9.17) is 9.47 Å². The number of carbonyl (C=O) groups excluding carboxylic acids is 2. The van der Waals surface area contributed by atoms with Crippen LogP contribution in [0.4, 0.5) is 5.69 Å². The Labute approximate surface area is 190 Å². The Bertz CT molecular complexity index is 1330. The van der Waals surface area contributed by atoms with Gasteiger partial charge in [-0.1, -0.05) is 30.3 Å². The van der Waals surface area contributed by atoms with Crippen molar-refractivity contribution in [2.24, 2.45) is 0 Å². The summed E-state index contributed by atoms with van der Waals surface area (Å²) >= 11 is 0. The fraction of sp³-hybridized carbons (Fsp3) is 0.154. The molecule has 4 aromatic rings. The van der Waals surface area contributed by atoms with Crippen molar-refractivity contribution in [1.82, 2.24) is 10.3 Å². The molecule has 0 aliphatic carbocycles. The normalized spacial score (nSPS) is 13.5. The van der Waals surface area contributed by atoms with Crippen LogP contribution >= 0.6 is 0 Å². The first-order valence-corrected chi connectivity index (χ1v) is 10.7. The first-order chi connectivity index (χ1) is 16.1. The largest absolute Gasteiger partial charge is 0.497 e. The van der Waals surface area contributed by atoms with Crippen molar-refractivity contribution < 1.29 is 19.1 Å². The number of para-hydroxylation sites is 1. The summed E-state index contributed by atoms with van der Waals surface area (Å²) < 4.78 is 10.7. The lowest BCUT2D eigenvalue weighted by molar-refractivity contribution is -0.118. The van der Waals surface area contributed by atoms with Gasteiger partial charge in [0.1, 0.15) is 11.5 Å². The summed E-state index contributed by atoms with van der Waals surface area (Å²) in [4.78, 5) is 27.9. The van der Waals surface area contributed by atoms with Gasteiger partial charge < -0.3 is 25.1 Å². The van der Waals surface area contributed by atoms with E-state index in [9.17, 15) is 9.59 Å². The molecule has 7 nitrogen and oxygen atoms in total. The van der Waals surface area contributed by atoms with Crippen molar-refractivity contribution in [2.45, 2.75) is 5.92 Å². The van der Waals surface area contributed by atoms with Crippen molar-refractivity contribution in [2.75, 3.05) is 25.6 Å². The van der Waals surface area contributed by atoms with Crippen LogP contribution in [-0.2, 0) is 4.79 Å². The Morgan fingerprint density at radius 3 is 2.76 bits per heavy atom. The number of anilines is 1. The predicted octanol–water partition coefficient (Wildman–Crippen LogP) is 4.07. The summed E-state index contributed by atoms with van der Waals surface area (Å²) in [5, 5.41) is 6.91. The van der Waals surface area contributed by atoms with Gasteiger partial charge >= 0.3 is 0 Å². The number of hydrogen-bond donors (Lipinski definition) is 3. The highest BCUT2D eigenvalue weighted by Crippen LogP contribution is 2.32. The number of aromatic amines is 1. The van der Waals surface area contributed by atoms with Gasteiger partial charge in [-0.3, -0.25) is 9.59 Å². The number of carbonyl (C=O) groups is 2. The number of nitrogens with one attached hydrogen (secondary N) is 3. The average Bonchev–Trinajstić information content (AvgIpc) is 3.28. The van der Waals surface area contributed by atoms with Crippen molar-refractivity contribution >= 4 is 28.4 Å².